The second kappa shape index (κ2) is 6.93. The monoisotopic (exact) mass is 384 g/mol. The number of nitrogens with one attached hydrogen (secondary N) is 3. The maximum atomic E-state index is 12.7. The van der Waals surface area contributed by atoms with Crippen LogP contribution in [-0.2, 0) is 18.4 Å². The Hall–Kier alpha value is -3.47. The normalized spacial score (nSPS) is 17.1. The molecule has 11 heteroatoms. The van der Waals surface area contributed by atoms with Crippen LogP contribution in [0.1, 0.15) is 23.0 Å². The molecule has 11 nitrogen and oxygen atoms in total. The minimum absolute atomic E-state index is 0.205. The van der Waals surface area contributed by atoms with Gasteiger partial charge in [-0.3, -0.25) is 9.59 Å². The van der Waals surface area contributed by atoms with Crippen molar-refractivity contribution in [3.8, 4) is 0 Å². The lowest BCUT2D eigenvalue weighted by Gasteiger charge is -2.16. The van der Waals surface area contributed by atoms with Crippen LogP contribution in [0.25, 0.3) is 5.65 Å². The van der Waals surface area contributed by atoms with Crippen molar-refractivity contribution >= 4 is 28.9 Å². The highest BCUT2D eigenvalue weighted by Crippen LogP contribution is 2.21. The number of fused-ring (bicyclic) bond motifs is 3. The Labute approximate surface area is 159 Å². The van der Waals surface area contributed by atoms with Gasteiger partial charge < -0.3 is 20.7 Å². The zero-order valence-corrected chi connectivity index (χ0v) is 15.7. The Kier molecular flexibility index (Phi) is 4.43. The van der Waals surface area contributed by atoms with E-state index < -0.39 is 0 Å². The average molecular weight is 384 g/mol. The molecule has 1 amide bonds. The van der Waals surface area contributed by atoms with Crippen molar-refractivity contribution in [3.05, 3.63) is 39.9 Å². The van der Waals surface area contributed by atoms with E-state index in [4.69, 9.17) is 4.74 Å². The third kappa shape index (κ3) is 3.16. The molecule has 0 aliphatic carbocycles. The second-order valence-corrected chi connectivity index (χ2v) is 6.56. The zero-order valence-electron chi connectivity index (χ0n) is 15.7. The summed E-state index contributed by atoms with van der Waals surface area (Å²) in [4.78, 5) is 29.6. The first-order chi connectivity index (χ1) is 13.5. The predicted octanol–water partition coefficient (Wildman–Crippen LogP) is 0.257. The molecule has 1 aliphatic heterocycles. The summed E-state index contributed by atoms with van der Waals surface area (Å²) < 4.78 is 8.43. The van der Waals surface area contributed by atoms with E-state index in [9.17, 15) is 9.59 Å². The van der Waals surface area contributed by atoms with Gasteiger partial charge in [0, 0.05) is 26.2 Å². The molecule has 4 rings (SSSR count). The molecule has 0 radical (unpaired) electrons. The molecule has 1 aliphatic rings. The van der Waals surface area contributed by atoms with Crippen LogP contribution in [-0.4, -0.2) is 50.0 Å². The number of ether oxygens (including phenoxy) is 1. The van der Waals surface area contributed by atoms with Crippen molar-refractivity contribution < 1.29 is 9.53 Å². The van der Waals surface area contributed by atoms with Crippen molar-refractivity contribution in [2.75, 3.05) is 24.3 Å². The molecule has 0 aromatic carbocycles. The number of amides is 1. The highest BCUT2D eigenvalue weighted by molar-refractivity contribution is 6.00. The van der Waals surface area contributed by atoms with Gasteiger partial charge in [-0.15, -0.1) is 0 Å². The minimum Gasteiger partial charge on any atom is -0.373 e. The van der Waals surface area contributed by atoms with Gasteiger partial charge in [0.1, 0.15) is 22.9 Å². The average Bonchev–Trinajstić information content (AvgIpc) is 3.08. The van der Waals surface area contributed by atoms with E-state index in [0.717, 1.165) is 0 Å². The molecule has 0 fully saturated rings. The van der Waals surface area contributed by atoms with E-state index >= 15 is 0 Å². The van der Waals surface area contributed by atoms with Gasteiger partial charge in [-0.25, -0.2) is 9.67 Å². The summed E-state index contributed by atoms with van der Waals surface area (Å²) in [5.74, 6) is 0.704. The van der Waals surface area contributed by atoms with E-state index in [2.05, 4.69) is 31.1 Å². The number of nitrogens with zero attached hydrogens (tertiary/aromatic N) is 5. The lowest BCUT2D eigenvalue weighted by molar-refractivity contribution is 0.0810. The fraction of sp³-hybridized carbons (Fsp3) is 0.353. The summed E-state index contributed by atoms with van der Waals surface area (Å²) in [7, 11) is 3.31. The molecule has 28 heavy (non-hydrogen) atoms. The highest BCUT2D eigenvalue weighted by atomic mass is 16.5. The van der Waals surface area contributed by atoms with Crippen LogP contribution < -0.4 is 21.5 Å². The first-order valence-corrected chi connectivity index (χ1v) is 8.75. The van der Waals surface area contributed by atoms with E-state index in [-0.39, 0.29) is 24.1 Å². The standard InChI is InChI=1S/C17H20N8O3/c1-9-7-28-8-10-4-12(17(27)24(3)23-10)21-13-5-14(18-2)25-15(22-13)11(6-19-25)16(26)20-9/h4-6,9,18H,7-8H2,1-3H3,(H,20,26)(H,21,22)/t9-/m1/s1. The van der Waals surface area contributed by atoms with Gasteiger partial charge in [-0.2, -0.15) is 14.7 Å². The molecular weight excluding hydrogens is 364 g/mol. The number of carbonyl (C=O) groups excluding carboxylic acids is 1. The third-order valence-corrected chi connectivity index (χ3v) is 4.34. The topological polar surface area (TPSA) is 127 Å². The van der Waals surface area contributed by atoms with Gasteiger partial charge in [0.2, 0.25) is 0 Å². The zero-order chi connectivity index (χ0) is 19.8. The molecule has 3 N–H and O–H groups in total. The maximum Gasteiger partial charge on any atom is 0.290 e. The quantitative estimate of drug-likeness (QED) is 0.545. The second-order valence-electron chi connectivity index (χ2n) is 6.56. The molecule has 0 saturated carbocycles. The van der Waals surface area contributed by atoms with Crippen LogP contribution in [0.5, 0.6) is 0 Å². The van der Waals surface area contributed by atoms with Gasteiger partial charge >= 0.3 is 0 Å². The van der Waals surface area contributed by atoms with Crippen molar-refractivity contribution in [2.45, 2.75) is 19.6 Å². The molecule has 0 spiro atoms. The summed E-state index contributed by atoms with van der Waals surface area (Å²) >= 11 is 0. The Balaban J connectivity index is 1.91. The van der Waals surface area contributed by atoms with E-state index in [1.807, 2.05) is 6.92 Å². The summed E-state index contributed by atoms with van der Waals surface area (Å²) in [5.41, 5.74) is 1.28. The number of anilines is 3. The van der Waals surface area contributed by atoms with Crippen LogP contribution in [0, 0.1) is 0 Å². The summed E-state index contributed by atoms with van der Waals surface area (Å²) in [5, 5.41) is 17.4. The van der Waals surface area contributed by atoms with Crippen molar-refractivity contribution in [2.24, 2.45) is 7.05 Å². The lowest BCUT2D eigenvalue weighted by atomic mass is 10.2. The molecule has 4 heterocycles. The van der Waals surface area contributed by atoms with Gasteiger partial charge in [0.05, 0.1) is 25.1 Å². The van der Waals surface area contributed by atoms with E-state index in [0.29, 0.717) is 40.8 Å². The number of rotatable bonds is 1. The number of carbonyl (C=O) groups is 1. The van der Waals surface area contributed by atoms with Crippen molar-refractivity contribution in [3.63, 3.8) is 0 Å². The fourth-order valence-corrected chi connectivity index (χ4v) is 3.02. The lowest BCUT2D eigenvalue weighted by Crippen LogP contribution is -2.36. The fourth-order valence-electron chi connectivity index (χ4n) is 3.02. The van der Waals surface area contributed by atoms with Crippen LogP contribution in [0.3, 0.4) is 0 Å². The highest BCUT2D eigenvalue weighted by Gasteiger charge is 2.20. The minimum atomic E-state index is -0.303. The Bertz CT molecular complexity index is 1120. The predicted molar refractivity (Wildman–Crippen MR) is 102 cm³/mol. The van der Waals surface area contributed by atoms with Gasteiger partial charge in [-0.1, -0.05) is 0 Å². The molecule has 3 aromatic heterocycles. The van der Waals surface area contributed by atoms with E-state index in [1.165, 1.54) is 15.4 Å². The third-order valence-electron chi connectivity index (χ3n) is 4.34. The Morgan fingerprint density at radius 1 is 1.32 bits per heavy atom. The van der Waals surface area contributed by atoms with Crippen LogP contribution in [0.15, 0.2) is 23.1 Å². The summed E-state index contributed by atoms with van der Waals surface area (Å²) in [6, 6.07) is 3.11. The molecular formula is C17H20N8O3. The Morgan fingerprint density at radius 2 is 2.14 bits per heavy atom. The van der Waals surface area contributed by atoms with Crippen LogP contribution >= 0.6 is 0 Å². The SMILES string of the molecule is CNc1cc2nc3c(cnn13)C(=O)N[C@H](C)COCc1cc(c(=O)n(C)n1)N2. The maximum absolute atomic E-state index is 12.7. The largest absolute Gasteiger partial charge is 0.373 e. The smallest absolute Gasteiger partial charge is 0.290 e. The summed E-state index contributed by atoms with van der Waals surface area (Å²) in [6.45, 7) is 2.34. The molecule has 0 saturated heterocycles. The Morgan fingerprint density at radius 3 is 2.93 bits per heavy atom. The van der Waals surface area contributed by atoms with Gasteiger partial charge in [0.25, 0.3) is 11.5 Å². The van der Waals surface area contributed by atoms with E-state index in [1.54, 1.807) is 26.2 Å². The molecule has 146 valence electrons. The van der Waals surface area contributed by atoms with Crippen molar-refractivity contribution in [1.29, 1.82) is 0 Å². The number of aryl methyl sites for hydroxylation is 1. The van der Waals surface area contributed by atoms with Crippen molar-refractivity contribution in [1.82, 2.24) is 29.7 Å². The molecule has 0 unspecified atom stereocenters. The number of hydrogen-bond acceptors (Lipinski definition) is 8. The molecule has 4 bridgehead atoms. The molecule has 1 atom stereocenters. The van der Waals surface area contributed by atoms with Gasteiger partial charge in [-0.05, 0) is 13.0 Å². The van der Waals surface area contributed by atoms with Crippen LogP contribution in [0.4, 0.5) is 17.3 Å². The van der Waals surface area contributed by atoms with Gasteiger partial charge in [0.15, 0.2) is 5.65 Å². The number of hydrogen-bond donors (Lipinski definition) is 3. The molecule has 3 aromatic rings. The first-order valence-electron chi connectivity index (χ1n) is 8.75. The van der Waals surface area contributed by atoms with Crippen LogP contribution in [0.2, 0.25) is 0 Å². The summed E-state index contributed by atoms with van der Waals surface area (Å²) in [6.07, 6.45) is 1.46. The number of aromatic nitrogens is 5. The first kappa shape index (κ1) is 17.9.